The Bertz CT molecular complexity index is 637. The molecular formula is C12H12ClFO4S. The van der Waals surface area contributed by atoms with Gasteiger partial charge in [0.1, 0.15) is 4.90 Å². The van der Waals surface area contributed by atoms with E-state index in [4.69, 9.17) is 16.7 Å². The van der Waals surface area contributed by atoms with Crippen LogP contribution in [-0.2, 0) is 9.84 Å². The molecule has 7 heteroatoms. The Kier molecular flexibility index (Phi) is 4.70. The Labute approximate surface area is 115 Å². The molecule has 0 aromatic heterocycles. The number of hydrogen-bond donors (Lipinski definition) is 1. The molecule has 1 aromatic rings. The van der Waals surface area contributed by atoms with Crippen LogP contribution in [0.4, 0.5) is 4.39 Å². The molecule has 19 heavy (non-hydrogen) atoms. The van der Waals surface area contributed by atoms with Crippen LogP contribution < -0.4 is 0 Å². The molecule has 0 saturated heterocycles. The van der Waals surface area contributed by atoms with E-state index in [-0.39, 0.29) is 5.02 Å². The maximum Gasteiger partial charge on any atom is 0.338 e. The molecule has 0 amide bonds. The SMILES string of the molecule is C=C(CC)CS(=O)(=O)c1cc(Cl)cc(C(=O)O)c1F. The van der Waals surface area contributed by atoms with Gasteiger partial charge >= 0.3 is 5.97 Å². The summed E-state index contributed by atoms with van der Waals surface area (Å²) < 4.78 is 37.9. The van der Waals surface area contributed by atoms with Crippen LogP contribution in [0.15, 0.2) is 29.2 Å². The van der Waals surface area contributed by atoms with E-state index >= 15 is 0 Å². The van der Waals surface area contributed by atoms with Gasteiger partial charge in [0.05, 0.1) is 11.3 Å². The molecule has 1 N–H and O–H groups in total. The number of rotatable bonds is 5. The van der Waals surface area contributed by atoms with Gasteiger partial charge in [-0.05, 0) is 18.6 Å². The topological polar surface area (TPSA) is 71.4 Å². The lowest BCUT2D eigenvalue weighted by molar-refractivity contribution is 0.0691. The van der Waals surface area contributed by atoms with E-state index in [0.29, 0.717) is 12.0 Å². The fourth-order valence-corrected chi connectivity index (χ4v) is 3.26. The zero-order valence-electron chi connectivity index (χ0n) is 10.1. The zero-order valence-corrected chi connectivity index (χ0v) is 11.7. The number of carboxylic acids is 1. The smallest absolute Gasteiger partial charge is 0.338 e. The van der Waals surface area contributed by atoms with Crippen molar-refractivity contribution in [1.29, 1.82) is 0 Å². The van der Waals surface area contributed by atoms with Crippen LogP contribution >= 0.6 is 11.6 Å². The number of aromatic carboxylic acids is 1. The largest absolute Gasteiger partial charge is 0.478 e. The van der Waals surface area contributed by atoms with Crippen LogP contribution in [0, 0.1) is 5.82 Å². The second kappa shape index (κ2) is 5.71. The van der Waals surface area contributed by atoms with Gasteiger partial charge in [-0.1, -0.05) is 30.7 Å². The van der Waals surface area contributed by atoms with Gasteiger partial charge in [-0.15, -0.1) is 0 Å². The molecule has 0 heterocycles. The molecule has 0 radical (unpaired) electrons. The van der Waals surface area contributed by atoms with Gasteiger partial charge in [0.15, 0.2) is 15.7 Å². The Morgan fingerprint density at radius 2 is 2.05 bits per heavy atom. The van der Waals surface area contributed by atoms with Crippen molar-refractivity contribution < 1.29 is 22.7 Å². The maximum absolute atomic E-state index is 13.9. The highest BCUT2D eigenvalue weighted by Gasteiger charge is 2.25. The summed E-state index contributed by atoms with van der Waals surface area (Å²) in [7, 11) is -4.00. The average molecular weight is 307 g/mol. The van der Waals surface area contributed by atoms with Gasteiger partial charge in [0, 0.05) is 5.02 Å². The number of sulfone groups is 1. The average Bonchev–Trinajstić information content (AvgIpc) is 2.30. The van der Waals surface area contributed by atoms with E-state index in [1.807, 2.05) is 0 Å². The van der Waals surface area contributed by atoms with Crippen LogP contribution in [0.2, 0.25) is 5.02 Å². The normalized spacial score (nSPS) is 11.3. The van der Waals surface area contributed by atoms with Crippen LogP contribution in [0.3, 0.4) is 0 Å². The third kappa shape index (κ3) is 3.54. The molecule has 0 fully saturated rings. The van der Waals surface area contributed by atoms with Gasteiger partial charge in [0.25, 0.3) is 0 Å². The van der Waals surface area contributed by atoms with Gasteiger partial charge in [0.2, 0.25) is 0 Å². The highest BCUT2D eigenvalue weighted by Crippen LogP contribution is 2.25. The summed E-state index contributed by atoms with van der Waals surface area (Å²) >= 11 is 5.63. The molecule has 0 atom stereocenters. The lowest BCUT2D eigenvalue weighted by Gasteiger charge is -2.09. The summed E-state index contributed by atoms with van der Waals surface area (Å²) in [6.07, 6.45) is 0.424. The Morgan fingerprint density at radius 1 is 1.47 bits per heavy atom. The van der Waals surface area contributed by atoms with Gasteiger partial charge < -0.3 is 5.11 Å². The second-order valence-electron chi connectivity index (χ2n) is 3.93. The highest BCUT2D eigenvalue weighted by atomic mass is 35.5. The number of hydrogen-bond acceptors (Lipinski definition) is 3. The molecule has 4 nitrogen and oxygen atoms in total. The molecule has 0 bridgehead atoms. The molecule has 0 spiro atoms. The van der Waals surface area contributed by atoms with Crippen molar-refractivity contribution in [3.63, 3.8) is 0 Å². The van der Waals surface area contributed by atoms with Crippen molar-refractivity contribution in [3.8, 4) is 0 Å². The molecule has 0 aliphatic carbocycles. The summed E-state index contributed by atoms with van der Waals surface area (Å²) in [5.41, 5.74) is -0.371. The minimum atomic E-state index is -4.00. The van der Waals surface area contributed by atoms with Crippen LogP contribution in [0.5, 0.6) is 0 Å². The third-order valence-corrected chi connectivity index (χ3v) is 4.44. The first-order chi connectivity index (χ1) is 8.69. The van der Waals surface area contributed by atoms with Crippen molar-refractivity contribution in [2.45, 2.75) is 18.2 Å². The Hall–Kier alpha value is -1.40. The van der Waals surface area contributed by atoms with Crippen LogP contribution in [0.25, 0.3) is 0 Å². The third-order valence-electron chi connectivity index (χ3n) is 2.46. The predicted octanol–water partition coefficient (Wildman–Crippen LogP) is 2.92. The van der Waals surface area contributed by atoms with Crippen molar-refractivity contribution in [1.82, 2.24) is 0 Å². The first-order valence-corrected chi connectivity index (χ1v) is 7.33. The molecule has 104 valence electrons. The number of carboxylic acid groups (broad SMARTS) is 1. The molecule has 0 unspecified atom stereocenters. The summed E-state index contributed by atoms with van der Waals surface area (Å²) in [4.78, 5) is 10.1. The van der Waals surface area contributed by atoms with E-state index in [1.165, 1.54) is 0 Å². The predicted molar refractivity (Wildman–Crippen MR) is 69.9 cm³/mol. The van der Waals surface area contributed by atoms with Gasteiger partial charge in [-0.3, -0.25) is 0 Å². The minimum Gasteiger partial charge on any atom is -0.478 e. The van der Waals surface area contributed by atoms with E-state index in [0.717, 1.165) is 12.1 Å². The van der Waals surface area contributed by atoms with E-state index in [1.54, 1.807) is 6.92 Å². The number of benzene rings is 1. The molecular weight excluding hydrogens is 295 g/mol. The van der Waals surface area contributed by atoms with Gasteiger partial charge in [-0.25, -0.2) is 17.6 Å². The zero-order chi connectivity index (χ0) is 14.8. The van der Waals surface area contributed by atoms with Crippen molar-refractivity contribution in [2.24, 2.45) is 0 Å². The summed E-state index contributed by atoms with van der Waals surface area (Å²) in [6, 6.07) is 1.77. The van der Waals surface area contributed by atoms with E-state index in [2.05, 4.69) is 6.58 Å². The van der Waals surface area contributed by atoms with Crippen molar-refractivity contribution in [3.05, 3.63) is 40.7 Å². The van der Waals surface area contributed by atoms with Crippen LogP contribution in [-0.4, -0.2) is 25.2 Å². The molecule has 0 saturated carbocycles. The standard InChI is InChI=1S/C12H12ClFO4S/c1-3-7(2)6-19(17,18)10-5-8(13)4-9(11(10)14)12(15)16/h4-5H,2-3,6H2,1H3,(H,15,16). The van der Waals surface area contributed by atoms with Gasteiger partial charge in [-0.2, -0.15) is 0 Å². The van der Waals surface area contributed by atoms with E-state index in [9.17, 15) is 17.6 Å². The number of halogens is 2. The Morgan fingerprint density at radius 3 is 2.53 bits per heavy atom. The molecule has 1 aromatic carbocycles. The second-order valence-corrected chi connectivity index (χ2v) is 6.33. The molecule has 1 rings (SSSR count). The molecule has 0 aliphatic heterocycles. The summed E-state index contributed by atoms with van der Waals surface area (Å²) in [5, 5.41) is 8.64. The highest BCUT2D eigenvalue weighted by molar-refractivity contribution is 7.91. The lowest BCUT2D eigenvalue weighted by Crippen LogP contribution is -2.13. The number of carbonyl (C=O) groups is 1. The Balaban J connectivity index is 3.43. The minimum absolute atomic E-state index is 0.153. The monoisotopic (exact) mass is 306 g/mol. The summed E-state index contributed by atoms with van der Waals surface area (Å²) in [5.74, 6) is -3.33. The van der Waals surface area contributed by atoms with Crippen molar-refractivity contribution in [2.75, 3.05) is 5.75 Å². The van der Waals surface area contributed by atoms with E-state index < -0.39 is 37.8 Å². The fraction of sp³-hybridized carbons (Fsp3) is 0.250. The summed E-state index contributed by atoms with van der Waals surface area (Å²) in [6.45, 7) is 5.26. The van der Waals surface area contributed by atoms with Crippen molar-refractivity contribution >= 4 is 27.4 Å². The fourth-order valence-electron chi connectivity index (χ4n) is 1.39. The molecule has 0 aliphatic rings. The first kappa shape index (κ1) is 15.7. The quantitative estimate of drug-likeness (QED) is 0.849. The lowest BCUT2D eigenvalue weighted by atomic mass is 10.2. The van der Waals surface area contributed by atoms with Crippen LogP contribution in [0.1, 0.15) is 23.7 Å². The maximum atomic E-state index is 13.9. The first-order valence-electron chi connectivity index (χ1n) is 5.30.